The van der Waals surface area contributed by atoms with Gasteiger partial charge < -0.3 is 25.5 Å². The molecule has 1 fully saturated rings. The third kappa shape index (κ3) is 5.41. The molecule has 2 heterocycles. The van der Waals surface area contributed by atoms with Crippen LogP contribution >= 0.6 is 0 Å². The number of nitrogens with one attached hydrogen (secondary N) is 2. The fraction of sp³-hybridized carbons (Fsp3) is 0.571. The molecule has 0 amide bonds. The van der Waals surface area contributed by atoms with E-state index < -0.39 is 6.23 Å². The molecule has 2 aliphatic rings. The van der Waals surface area contributed by atoms with Crippen molar-refractivity contribution in [2.45, 2.75) is 70.8 Å². The maximum absolute atomic E-state index is 11.0. The van der Waals surface area contributed by atoms with Gasteiger partial charge in [0.2, 0.25) is 0 Å². The van der Waals surface area contributed by atoms with Gasteiger partial charge in [-0.25, -0.2) is 0 Å². The van der Waals surface area contributed by atoms with E-state index in [0.717, 1.165) is 38.0 Å². The quantitative estimate of drug-likeness (QED) is 0.402. The number of likely N-dealkylation sites (tertiary alicyclic amines) is 1. The summed E-state index contributed by atoms with van der Waals surface area (Å²) >= 11 is 0. The van der Waals surface area contributed by atoms with Gasteiger partial charge in [0.25, 0.3) is 0 Å². The number of rotatable bonds is 7. The zero-order chi connectivity index (χ0) is 24.5. The molecular formula is C28H41N3O3. The van der Waals surface area contributed by atoms with Crippen molar-refractivity contribution < 1.29 is 15.3 Å². The molecule has 0 saturated carbocycles. The summed E-state index contributed by atoms with van der Waals surface area (Å²) in [5.74, 6) is 1.46. The number of benzene rings is 2. The molecule has 0 radical (unpaired) electrons. The number of phenolic OH excluding ortho intramolecular Hbond substituents is 2. The monoisotopic (exact) mass is 467 g/mol. The van der Waals surface area contributed by atoms with Crippen molar-refractivity contribution in [2.75, 3.05) is 19.6 Å². The lowest BCUT2D eigenvalue weighted by Gasteiger charge is -2.46. The molecule has 34 heavy (non-hydrogen) atoms. The minimum Gasteiger partial charge on any atom is -0.508 e. The van der Waals surface area contributed by atoms with E-state index in [2.05, 4.69) is 49.3 Å². The maximum atomic E-state index is 11.0. The molecule has 186 valence electrons. The van der Waals surface area contributed by atoms with Crippen molar-refractivity contribution in [3.8, 4) is 11.5 Å². The van der Waals surface area contributed by atoms with Crippen LogP contribution in [0.1, 0.15) is 50.8 Å². The van der Waals surface area contributed by atoms with Crippen LogP contribution in [-0.4, -0.2) is 58.2 Å². The third-order valence-corrected chi connectivity index (χ3v) is 8.28. The minimum atomic E-state index is -0.644. The predicted octanol–water partition coefficient (Wildman–Crippen LogP) is 3.34. The normalized spacial score (nSPS) is 27.4. The van der Waals surface area contributed by atoms with Crippen molar-refractivity contribution >= 4 is 0 Å². The SMILES string of the molecule is CC(C)[C@@H](CN1CC[C@@](C)(c2cccc(O)c2)[C@@H](C)C1)NC(O)[C@H]1Cc2ccc(O)cc2CN1. The van der Waals surface area contributed by atoms with Crippen LogP contribution in [0.2, 0.25) is 0 Å². The second kappa shape index (κ2) is 10.2. The molecule has 1 unspecified atom stereocenters. The summed E-state index contributed by atoms with van der Waals surface area (Å²) in [7, 11) is 0. The number of fused-ring (bicyclic) bond motifs is 1. The Morgan fingerprint density at radius 2 is 1.88 bits per heavy atom. The molecule has 1 saturated heterocycles. The molecule has 0 aromatic heterocycles. The van der Waals surface area contributed by atoms with E-state index in [-0.39, 0.29) is 23.2 Å². The number of aliphatic hydroxyl groups excluding tert-OH is 1. The van der Waals surface area contributed by atoms with Crippen LogP contribution in [0, 0.1) is 11.8 Å². The van der Waals surface area contributed by atoms with E-state index in [1.54, 1.807) is 18.2 Å². The number of hydrogen-bond acceptors (Lipinski definition) is 6. The standard InChI is InChI=1S/C28H41N3O3/c1-18(2)26(30-27(34)25-13-20-8-9-24(33)12-21(20)15-29-25)17-31-11-10-28(4,19(3)16-31)22-6-5-7-23(32)14-22/h5-9,12,14,18-19,25-27,29-30,32-34H,10-11,13,15-17H2,1-4H3/t19-,25+,26+,27?,28+/m0/s1. The Balaban J connectivity index is 1.36. The smallest absolute Gasteiger partial charge is 0.120 e. The fourth-order valence-electron chi connectivity index (χ4n) is 5.59. The zero-order valence-electron chi connectivity index (χ0n) is 21.0. The molecule has 0 aliphatic carbocycles. The molecule has 5 atom stereocenters. The van der Waals surface area contributed by atoms with Crippen molar-refractivity contribution in [3.05, 3.63) is 59.2 Å². The summed E-state index contributed by atoms with van der Waals surface area (Å²) in [5.41, 5.74) is 3.54. The number of aliphatic hydroxyl groups is 1. The maximum Gasteiger partial charge on any atom is 0.120 e. The predicted molar refractivity (Wildman–Crippen MR) is 136 cm³/mol. The van der Waals surface area contributed by atoms with Crippen molar-refractivity contribution in [3.63, 3.8) is 0 Å². The number of phenols is 2. The highest BCUT2D eigenvalue weighted by atomic mass is 16.3. The van der Waals surface area contributed by atoms with Crippen LogP contribution in [-0.2, 0) is 18.4 Å². The van der Waals surface area contributed by atoms with E-state index in [1.807, 2.05) is 18.2 Å². The highest BCUT2D eigenvalue weighted by molar-refractivity contribution is 5.37. The lowest BCUT2D eigenvalue weighted by Crippen LogP contribution is -2.58. The molecule has 0 spiro atoms. The second-order valence-electron chi connectivity index (χ2n) is 11.0. The summed E-state index contributed by atoms with van der Waals surface area (Å²) in [6.07, 6.45) is 1.13. The van der Waals surface area contributed by atoms with Crippen LogP contribution in [0.3, 0.4) is 0 Å². The van der Waals surface area contributed by atoms with Crippen LogP contribution in [0.15, 0.2) is 42.5 Å². The summed E-state index contributed by atoms with van der Waals surface area (Å²) < 4.78 is 0. The van der Waals surface area contributed by atoms with Gasteiger partial charge in [-0.15, -0.1) is 0 Å². The number of aromatic hydroxyl groups is 2. The molecule has 2 aromatic carbocycles. The minimum absolute atomic E-state index is 0.0450. The molecule has 2 aliphatic heterocycles. The average Bonchev–Trinajstić information content (AvgIpc) is 2.80. The number of nitrogens with zero attached hydrogens (tertiary/aromatic N) is 1. The fourth-order valence-corrected chi connectivity index (χ4v) is 5.59. The molecular weight excluding hydrogens is 426 g/mol. The lowest BCUT2D eigenvalue weighted by atomic mass is 9.68. The Hall–Kier alpha value is -2.12. The van der Waals surface area contributed by atoms with E-state index >= 15 is 0 Å². The van der Waals surface area contributed by atoms with E-state index in [4.69, 9.17) is 0 Å². The van der Waals surface area contributed by atoms with Gasteiger partial charge in [0, 0.05) is 25.7 Å². The largest absolute Gasteiger partial charge is 0.508 e. The highest BCUT2D eigenvalue weighted by Gasteiger charge is 2.39. The molecule has 4 rings (SSSR count). The molecule has 6 nitrogen and oxygen atoms in total. The average molecular weight is 468 g/mol. The van der Waals surface area contributed by atoms with Crippen LogP contribution in [0.4, 0.5) is 0 Å². The van der Waals surface area contributed by atoms with Crippen molar-refractivity contribution in [2.24, 2.45) is 11.8 Å². The highest BCUT2D eigenvalue weighted by Crippen LogP contribution is 2.40. The number of piperidine rings is 1. The summed E-state index contributed by atoms with van der Waals surface area (Å²) in [6.45, 7) is 12.6. The van der Waals surface area contributed by atoms with Gasteiger partial charge in [0.1, 0.15) is 17.7 Å². The van der Waals surface area contributed by atoms with Crippen LogP contribution in [0.25, 0.3) is 0 Å². The first-order valence-electron chi connectivity index (χ1n) is 12.7. The third-order valence-electron chi connectivity index (χ3n) is 8.28. The van der Waals surface area contributed by atoms with Crippen LogP contribution < -0.4 is 10.6 Å². The number of hydrogen-bond donors (Lipinski definition) is 5. The topological polar surface area (TPSA) is 88.0 Å². The van der Waals surface area contributed by atoms with Gasteiger partial charge in [-0.2, -0.15) is 0 Å². The molecule has 2 aromatic rings. The van der Waals surface area contributed by atoms with Gasteiger partial charge in [0.05, 0.1) is 6.04 Å². The first kappa shape index (κ1) is 25.0. The van der Waals surface area contributed by atoms with Gasteiger partial charge in [-0.05, 0) is 77.6 Å². The van der Waals surface area contributed by atoms with Gasteiger partial charge in [-0.1, -0.05) is 45.9 Å². The Kier molecular flexibility index (Phi) is 7.53. The zero-order valence-corrected chi connectivity index (χ0v) is 21.0. The van der Waals surface area contributed by atoms with Crippen molar-refractivity contribution in [1.82, 2.24) is 15.5 Å². The first-order chi connectivity index (χ1) is 16.2. The molecule has 6 heteroatoms. The second-order valence-corrected chi connectivity index (χ2v) is 11.0. The van der Waals surface area contributed by atoms with E-state index in [0.29, 0.717) is 24.1 Å². The van der Waals surface area contributed by atoms with E-state index in [9.17, 15) is 15.3 Å². The van der Waals surface area contributed by atoms with Gasteiger partial charge >= 0.3 is 0 Å². The Bertz CT molecular complexity index is 981. The Morgan fingerprint density at radius 1 is 1.12 bits per heavy atom. The first-order valence-corrected chi connectivity index (χ1v) is 12.7. The van der Waals surface area contributed by atoms with Gasteiger partial charge in [-0.3, -0.25) is 5.32 Å². The van der Waals surface area contributed by atoms with Crippen molar-refractivity contribution in [1.29, 1.82) is 0 Å². The van der Waals surface area contributed by atoms with Crippen LogP contribution in [0.5, 0.6) is 11.5 Å². The lowest BCUT2D eigenvalue weighted by molar-refractivity contribution is 0.0475. The van der Waals surface area contributed by atoms with Gasteiger partial charge in [0.15, 0.2) is 0 Å². The Labute approximate surface area is 204 Å². The van der Waals surface area contributed by atoms with E-state index in [1.165, 1.54) is 11.1 Å². The molecule has 0 bridgehead atoms. The molecule has 5 N–H and O–H groups in total. The Morgan fingerprint density at radius 3 is 2.59 bits per heavy atom. The summed E-state index contributed by atoms with van der Waals surface area (Å²) in [5, 5.41) is 37.7. The summed E-state index contributed by atoms with van der Waals surface area (Å²) in [6, 6.07) is 13.3. The summed E-state index contributed by atoms with van der Waals surface area (Å²) in [4.78, 5) is 2.52.